The van der Waals surface area contributed by atoms with Crippen molar-refractivity contribution in [1.82, 2.24) is 14.8 Å². The lowest BCUT2D eigenvalue weighted by Gasteiger charge is -2.47. The predicted molar refractivity (Wildman–Crippen MR) is 143 cm³/mol. The molecule has 1 aromatic heterocycles. The number of benzene rings is 1. The maximum Gasteiger partial charge on any atom is 0.250 e. The van der Waals surface area contributed by atoms with Gasteiger partial charge in [-0.1, -0.05) is 56.6 Å². The highest BCUT2D eigenvalue weighted by atomic mass is 35.5. The molecular weight excluding hydrogens is 446 g/mol. The summed E-state index contributed by atoms with van der Waals surface area (Å²) >= 11 is 6.14. The number of hydrogen-bond donors (Lipinski definition) is 0. The van der Waals surface area contributed by atoms with Gasteiger partial charge in [-0.2, -0.15) is 0 Å². The summed E-state index contributed by atoms with van der Waals surface area (Å²) in [6.07, 6.45) is 3.92. The number of aromatic nitrogens is 1. The Morgan fingerprint density at radius 2 is 1.88 bits per heavy atom. The van der Waals surface area contributed by atoms with E-state index in [2.05, 4.69) is 99.4 Å². The number of nitrogens with zero attached hydrogens (tertiary/aromatic N) is 3. The summed E-state index contributed by atoms with van der Waals surface area (Å²) in [5.41, 5.74) is 2.38. The minimum absolute atomic E-state index is 0.0843. The normalized spacial score (nSPS) is 21.6. The van der Waals surface area contributed by atoms with Crippen LogP contribution in [0.15, 0.2) is 55.3 Å². The molecule has 0 N–H and O–H groups in total. The lowest BCUT2D eigenvalue weighted by Crippen LogP contribution is -2.57. The largest absolute Gasteiger partial charge is 0.543 e. The first-order valence-electron chi connectivity index (χ1n) is 11.9. The molecule has 1 saturated heterocycles. The quantitative estimate of drug-likeness (QED) is 0.245. The Balaban J connectivity index is 1.99. The molecule has 180 valence electrons. The molecule has 4 nitrogen and oxygen atoms in total. The molecule has 0 amide bonds. The van der Waals surface area contributed by atoms with Gasteiger partial charge in [0.25, 0.3) is 0 Å². The topological polar surface area (TPSA) is 28.6 Å². The van der Waals surface area contributed by atoms with Crippen LogP contribution >= 0.6 is 11.6 Å². The molecule has 3 rings (SSSR count). The molecular formula is C27H40ClN3OSi. The minimum Gasteiger partial charge on any atom is -0.543 e. The Morgan fingerprint density at radius 3 is 2.48 bits per heavy atom. The molecule has 2 aromatic rings. The predicted octanol–water partition coefficient (Wildman–Crippen LogP) is 6.79. The summed E-state index contributed by atoms with van der Waals surface area (Å²) in [4.78, 5) is 9.51. The molecule has 0 radical (unpaired) electrons. The molecule has 0 bridgehead atoms. The molecule has 3 atom stereocenters. The fourth-order valence-electron chi connectivity index (χ4n) is 4.33. The number of piperazine rings is 1. The van der Waals surface area contributed by atoms with Gasteiger partial charge >= 0.3 is 0 Å². The van der Waals surface area contributed by atoms with E-state index in [-0.39, 0.29) is 11.1 Å². The first-order valence-corrected chi connectivity index (χ1v) is 15.2. The number of pyridine rings is 1. The third-order valence-electron chi connectivity index (χ3n) is 7.28. The summed E-state index contributed by atoms with van der Waals surface area (Å²) in [6.45, 7) is 22.9. The molecule has 1 aliphatic rings. The van der Waals surface area contributed by atoms with Gasteiger partial charge in [0, 0.05) is 37.9 Å². The van der Waals surface area contributed by atoms with E-state index in [9.17, 15) is 0 Å². The van der Waals surface area contributed by atoms with Crippen LogP contribution in [0.25, 0.3) is 0 Å². The molecule has 0 aliphatic carbocycles. The summed E-state index contributed by atoms with van der Waals surface area (Å²) in [7, 11) is -1.93. The second kappa shape index (κ2) is 10.3. The fraction of sp³-hybridized carbons (Fsp3) is 0.519. The Labute approximate surface area is 206 Å². The molecule has 0 unspecified atom stereocenters. The summed E-state index contributed by atoms with van der Waals surface area (Å²) in [6, 6.07) is 13.6. The Hall–Kier alpha value is -1.66. The summed E-state index contributed by atoms with van der Waals surface area (Å²) in [5.74, 6) is 0.956. The average molecular weight is 486 g/mol. The van der Waals surface area contributed by atoms with Crippen molar-refractivity contribution in [3.8, 4) is 5.75 Å². The summed E-state index contributed by atoms with van der Waals surface area (Å²) < 4.78 is 6.66. The van der Waals surface area contributed by atoms with Gasteiger partial charge < -0.3 is 4.43 Å². The molecule has 1 aromatic carbocycles. The van der Waals surface area contributed by atoms with Crippen LogP contribution in [0.1, 0.15) is 51.8 Å². The average Bonchev–Trinajstić information content (AvgIpc) is 2.72. The highest BCUT2D eigenvalue weighted by Crippen LogP contribution is 2.39. The van der Waals surface area contributed by atoms with Gasteiger partial charge in [-0.15, -0.1) is 6.58 Å². The van der Waals surface area contributed by atoms with Gasteiger partial charge in [0.1, 0.15) is 10.9 Å². The Bertz CT molecular complexity index is 941. The van der Waals surface area contributed by atoms with Crippen molar-refractivity contribution in [3.05, 3.63) is 71.5 Å². The Kier molecular flexibility index (Phi) is 8.10. The second-order valence-corrected chi connectivity index (χ2v) is 16.0. The minimum atomic E-state index is -1.93. The zero-order valence-electron chi connectivity index (χ0n) is 21.3. The van der Waals surface area contributed by atoms with Crippen molar-refractivity contribution in [1.29, 1.82) is 0 Å². The molecule has 1 fully saturated rings. The third-order valence-corrected chi connectivity index (χ3v) is 11.9. The van der Waals surface area contributed by atoms with E-state index >= 15 is 0 Å². The lowest BCUT2D eigenvalue weighted by molar-refractivity contribution is 0.0305. The van der Waals surface area contributed by atoms with Crippen LogP contribution in [0.2, 0.25) is 23.3 Å². The zero-order valence-corrected chi connectivity index (χ0v) is 23.1. The number of halogens is 1. The number of hydrogen-bond acceptors (Lipinski definition) is 4. The van der Waals surface area contributed by atoms with Crippen LogP contribution in [-0.2, 0) is 0 Å². The van der Waals surface area contributed by atoms with Crippen molar-refractivity contribution in [3.63, 3.8) is 0 Å². The highest BCUT2D eigenvalue weighted by Gasteiger charge is 2.39. The van der Waals surface area contributed by atoms with Crippen LogP contribution in [0, 0.1) is 0 Å². The molecule has 1 aliphatic heterocycles. The van der Waals surface area contributed by atoms with E-state index in [1.54, 1.807) is 0 Å². The van der Waals surface area contributed by atoms with Crippen LogP contribution in [0.4, 0.5) is 0 Å². The van der Waals surface area contributed by atoms with Crippen LogP contribution in [0.5, 0.6) is 5.75 Å². The van der Waals surface area contributed by atoms with E-state index in [0.717, 1.165) is 30.9 Å². The van der Waals surface area contributed by atoms with E-state index < -0.39 is 8.32 Å². The van der Waals surface area contributed by atoms with Crippen LogP contribution in [0.3, 0.4) is 0 Å². The molecule has 33 heavy (non-hydrogen) atoms. The monoisotopic (exact) mass is 485 g/mol. The van der Waals surface area contributed by atoms with Gasteiger partial charge in [-0.3, -0.25) is 9.80 Å². The van der Waals surface area contributed by atoms with Crippen LogP contribution in [-0.4, -0.2) is 54.8 Å². The second-order valence-electron chi connectivity index (χ2n) is 10.9. The van der Waals surface area contributed by atoms with Crippen molar-refractivity contribution >= 4 is 19.9 Å². The third kappa shape index (κ3) is 6.07. The smallest absolute Gasteiger partial charge is 0.250 e. The molecule has 2 heterocycles. The first kappa shape index (κ1) is 26.0. The number of rotatable bonds is 7. The van der Waals surface area contributed by atoms with E-state index in [1.807, 2.05) is 18.3 Å². The SMILES string of the molecule is C=CCN1C[C@H](C)N([C@H](c2ccc(Cl)nc2)c2cccc(O[Si](C)(C)C(C)(C)C)c2)C[C@H]1C. The van der Waals surface area contributed by atoms with Gasteiger partial charge in [0.15, 0.2) is 0 Å². The van der Waals surface area contributed by atoms with Gasteiger partial charge in [0.05, 0.1) is 6.04 Å². The standard InChI is InChI=1S/C27H40ClN3OSi/c1-9-15-30-18-21(3)31(19-20(30)2)26(23-13-14-25(28)29-17-23)22-11-10-12-24(16-22)32-33(7,8)27(4,5)6/h9-14,16-17,20-21,26H,1,15,18-19H2,2-8H3/t20-,21+,26+/m1/s1. The van der Waals surface area contributed by atoms with E-state index in [4.69, 9.17) is 16.0 Å². The van der Waals surface area contributed by atoms with Crippen molar-refractivity contribution in [2.24, 2.45) is 0 Å². The molecule has 0 saturated carbocycles. The van der Waals surface area contributed by atoms with Crippen molar-refractivity contribution in [2.45, 2.75) is 70.9 Å². The van der Waals surface area contributed by atoms with E-state index in [1.165, 1.54) is 5.56 Å². The van der Waals surface area contributed by atoms with Gasteiger partial charge in [0.2, 0.25) is 8.32 Å². The molecule has 6 heteroatoms. The van der Waals surface area contributed by atoms with Crippen molar-refractivity contribution < 1.29 is 4.43 Å². The zero-order chi connectivity index (χ0) is 24.4. The highest BCUT2D eigenvalue weighted by molar-refractivity contribution is 6.74. The van der Waals surface area contributed by atoms with Crippen molar-refractivity contribution in [2.75, 3.05) is 19.6 Å². The van der Waals surface area contributed by atoms with Crippen LogP contribution < -0.4 is 4.43 Å². The maximum absolute atomic E-state index is 6.66. The Morgan fingerprint density at radius 1 is 1.15 bits per heavy atom. The maximum atomic E-state index is 6.66. The first-order chi connectivity index (χ1) is 15.4. The van der Waals surface area contributed by atoms with E-state index in [0.29, 0.717) is 17.2 Å². The molecule has 0 spiro atoms. The fourth-order valence-corrected chi connectivity index (χ4v) is 5.46. The van der Waals surface area contributed by atoms with Gasteiger partial charge in [-0.05, 0) is 61.3 Å². The van der Waals surface area contributed by atoms with Gasteiger partial charge in [-0.25, -0.2) is 4.98 Å². The lowest BCUT2D eigenvalue weighted by atomic mass is 9.94. The summed E-state index contributed by atoms with van der Waals surface area (Å²) in [5, 5.41) is 0.665.